The summed E-state index contributed by atoms with van der Waals surface area (Å²) < 4.78 is 5.41. The van der Waals surface area contributed by atoms with Crippen LogP contribution in [0.15, 0.2) is 46.0 Å². The van der Waals surface area contributed by atoms with E-state index in [9.17, 15) is 9.90 Å². The normalized spacial score (nSPS) is 10.6. The zero-order valence-electron chi connectivity index (χ0n) is 11.7. The minimum atomic E-state index is -0.414. The van der Waals surface area contributed by atoms with Crippen molar-refractivity contribution in [1.29, 1.82) is 0 Å². The molecular weight excluding hydrogens is 350 g/mol. The molecule has 2 aromatic rings. The Hall–Kier alpha value is -2.54. The van der Waals surface area contributed by atoms with Crippen LogP contribution in [0.25, 0.3) is 0 Å². The van der Waals surface area contributed by atoms with E-state index in [1.807, 2.05) is 0 Å². The molecule has 0 bridgehead atoms. The highest BCUT2D eigenvalue weighted by Gasteiger charge is 2.10. The molecule has 0 spiro atoms. The van der Waals surface area contributed by atoms with Crippen molar-refractivity contribution < 1.29 is 14.6 Å². The van der Waals surface area contributed by atoms with Crippen molar-refractivity contribution in [2.24, 2.45) is 5.10 Å². The van der Waals surface area contributed by atoms with Gasteiger partial charge >= 0.3 is 0 Å². The standard InChI is InChI=1S/C15H14BrN3O3/c1-22-12-7-6-9(13(16)14(12)20)8-18-19-15(21)10-4-2-3-5-11(10)17/h2-8,20H,17H2,1H3,(H,19,21)/b18-8+. The summed E-state index contributed by atoms with van der Waals surface area (Å²) in [7, 11) is 1.46. The summed E-state index contributed by atoms with van der Waals surface area (Å²) >= 11 is 3.24. The maximum Gasteiger partial charge on any atom is 0.273 e. The van der Waals surface area contributed by atoms with Crippen LogP contribution in [0.5, 0.6) is 11.5 Å². The predicted molar refractivity (Wildman–Crippen MR) is 88.3 cm³/mol. The molecule has 22 heavy (non-hydrogen) atoms. The van der Waals surface area contributed by atoms with Gasteiger partial charge in [-0.15, -0.1) is 0 Å². The van der Waals surface area contributed by atoms with Crippen molar-refractivity contribution in [1.82, 2.24) is 5.43 Å². The van der Waals surface area contributed by atoms with E-state index in [1.54, 1.807) is 36.4 Å². The number of hydrogen-bond acceptors (Lipinski definition) is 5. The van der Waals surface area contributed by atoms with Crippen LogP contribution in [0.2, 0.25) is 0 Å². The van der Waals surface area contributed by atoms with Crippen molar-refractivity contribution in [2.75, 3.05) is 12.8 Å². The van der Waals surface area contributed by atoms with Crippen molar-refractivity contribution in [3.8, 4) is 11.5 Å². The topological polar surface area (TPSA) is 96.9 Å². The SMILES string of the molecule is COc1ccc(/C=N/NC(=O)c2ccccc2N)c(Br)c1O. The van der Waals surface area contributed by atoms with E-state index in [0.717, 1.165) is 0 Å². The number of nitrogens with two attached hydrogens (primary N) is 1. The van der Waals surface area contributed by atoms with E-state index in [1.165, 1.54) is 13.3 Å². The van der Waals surface area contributed by atoms with Gasteiger partial charge in [0.25, 0.3) is 5.91 Å². The smallest absolute Gasteiger partial charge is 0.273 e. The number of carbonyl (C=O) groups is 1. The van der Waals surface area contributed by atoms with Crippen LogP contribution < -0.4 is 15.9 Å². The minimum Gasteiger partial charge on any atom is -0.503 e. The van der Waals surface area contributed by atoms with Gasteiger partial charge in [-0.05, 0) is 40.2 Å². The lowest BCUT2D eigenvalue weighted by Crippen LogP contribution is -2.19. The molecule has 7 heteroatoms. The van der Waals surface area contributed by atoms with Crippen LogP contribution in [0.1, 0.15) is 15.9 Å². The highest BCUT2D eigenvalue weighted by molar-refractivity contribution is 9.10. The van der Waals surface area contributed by atoms with Crippen LogP contribution >= 0.6 is 15.9 Å². The highest BCUT2D eigenvalue weighted by atomic mass is 79.9. The van der Waals surface area contributed by atoms with Gasteiger partial charge in [0.1, 0.15) is 0 Å². The zero-order valence-corrected chi connectivity index (χ0v) is 13.3. The number of halogens is 1. The third kappa shape index (κ3) is 3.37. The lowest BCUT2D eigenvalue weighted by atomic mass is 10.2. The highest BCUT2D eigenvalue weighted by Crippen LogP contribution is 2.35. The second-order valence-electron chi connectivity index (χ2n) is 4.31. The van der Waals surface area contributed by atoms with Gasteiger partial charge in [0.2, 0.25) is 0 Å². The van der Waals surface area contributed by atoms with Crippen LogP contribution in [0, 0.1) is 0 Å². The van der Waals surface area contributed by atoms with Gasteiger partial charge in [-0.1, -0.05) is 12.1 Å². The molecule has 0 atom stereocenters. The number of nitrogens with one attached hydrogen (secondary N) is 1. The van der Waals surface area contributed by atoms with E-state index < -0.39 is 5.91 Å². The fourth-order valence-corrected chi connectivity index (χ4v) is 2.18. The van der Waals surface area contributed by atoms with E-state index in [0.29, 0.717) is 27.0 Å². The first-order chi connectivity index (χ1) is 10.5. The molecule has 114 valence electrons. The van der Waals surface area contributed by atoms with Crippen LogP contribution in [-0.2, 0) is 0 Å². The number of aromatic hydroxyl groups is 1. The van der Waals surface area contributed by atoms with Gasteiger partial charge < -0.3 is 15.6 Å². The van der Waals surface area contributed by atoms with Gasteiger partial charge in [-0.2, -0.15) is 5.10 Å². The number of amides is 1. The van der Waals surface area contributed by atoms with Crippen molar-refractivity contribution in [3.63, 3.8) is 0 Å². The summed E-state index contributed by atoms with van der Waals surface area (Å²) in [5.41, 5.74) is 9.39. The number of nitrogens with zero attached hydrogens (tertiary/aromatic N) is 1. The summed E-state index contributed by atoms with van der Waals surface area (Å²) in [4.78, 5) is 11.9. The quantitative estimate of drug-likeness (QED) is 0.441. The molecule has 0 aromatic heterocycles. The van der Waals surface area contributed by atoms with E-state index in [2.05, 4.69) is 26.5 Å². The summed E-state index contributed by atoms with van der Waals surface area (Å²) in [5.74, 6) is -0.113. The molecule has 0 aliphatic heterocycles. The number of phenolic OH excluding ortho intramolecular Hbond substituents is 1. The molecule has 0 saturated heterocycles. The number of ether oxygens (including phenoxy) is 1. The summed E-state index contributed by atoms with van der Waals surface area (Å²) in [6.45, 7) is 0. The summed E-state index contributed by atoms with van der Waals surface area (Å²) in [6.07, 6.45) is 1.40. The Balaban J connectivity index is 2.12. The summed E-state index contributed by atoms with van der Waals surface area (Å²) in [5, 5.41) is 13.7. The minimum absolute atomic E-state index is 0.0370. The number of nitrogen functional groups attached to an aromatic ring is 1. The van der Waals surface area contributed by atoms with Crippen molar-refractivity contribution in [3.05, 3.63) is 52.0 Å². The first kappa shape index (κ1) is 15.8. The molecule has 0 aliphatic carbocycles. The second kappa shape index (κ2) is 6.95. The average molecular weight is 364 g/mol. The van der Waals surface area contributed by atoms with Crippen molar-refractivity contribution in [2.45, 2.75) is 0 Å². The summed E-state index contributed by atoms with van der Waals surface area (Å²) in [6, 6.07) is 9.99. The number of para-hydroxylation sites is 1. The fourth-order valence-electron chi connectivity index (χ4n) is 1.75. The zero-order chi connectivity index (χ0) is 16.1. The number of phenols is 1. The van der Waals surface area contributed by atoms with Crippen LogP contribution in [0.3, 0.4) is 0 Å². The maximum absolute atomic E-state index is 11.9. The molecule has 2 rings (SSSR count). The number of hydrazone groups is 1. The number of anilines is 1. The molecule has 0 saturated carbocycles. The lowest BCUT2D eigenvalue weighted by molar-refractivity contribution is 0.0956. The number of carbonyl (C=O) groups excluding carboxylic acids is 1. The van der Waals surface area contributed by atoms with Gasteiger partial charge in [0, 0.05) is 11.3 Å². The number of hydrogen-bond donors (Lipinski definition) is 3. The Morgan fingerprint density at radius 3 is 2.77 bits per heavy atom. The van der Waals surface area contributed by atoms with Gasteiger partial charge in [-0.25, -0.2) is 5.43 Å². The molecule has 2 aromatic carbocycles. The van der Waals surface area contributed by atoms with Gasteiger partial charge in [0.05, 0.1) is 23.4 Å². The molecule has 0 radical (unpaired) electrons. The number of benzene rings is 2. The van der Waals surface area contributed by atoms with Gasteiger partial charge in [0.15, 0.2) is 11.5 Å². The Morgan fingerprint density at radius 2 is 2.09 bits per heavy atom. The number of methoxy groups -OCH3 is 1. The monoisotopic (exact) mass is 363 g/mol. The molecule has 0 aliphatic rings. The van der Waals surface area contributed by atoms with E-state index in [-0.39, 0.29) is 5.75 Å². The Morgan fingerprint density at radius 1 is 1.36 bits per heavy atom. The Bertz CT molecular complexity index is 732. The lowest BCUT2D eigenvalue weighted by Gasteiger charge is -2.07. The second-order valence-corrected chi connectivity index (χ2v) is 5.10. The first-order valence-corrected chi connectivity index (χ1v) is 7.07. The third-order valence-electron chi connectivity index (χ3n) is 2.90. The van der Waals surface area contributed by atoms with Gasteiger partial charge in [-0.3, -0.25) is 4.79 Å². The first-order valence-electron chi connectivity index (χ1n) is 6.28. The Labute approximate surface area is 135 Å². The van der Waals surface area contributed by atoms with E-state index >= 15 is 0 Å². The number of rotatable bonds is 4. The van der Waals surface area contributed by atoms with Crippen LogP contribution in [0.4, 0.5) is 5.69 Å². The molecular formula is C15H14BrN3O3. The molecule has 0 heterocycles. The molecule has 4 N–H and O–H groups in total. The molecule has 6 nitrogen and oxygen atoms in total. The predicted octanol–water partition coefficient (Wildman–Crippen LogP) is 2.51. The maximum atomic E-state index is 11.9. The van der Waals surface area contributed by atoms with Crippen molar-refractivity contribution >= 4 is 33.7 Å². The molecule has 1 amide bonds. The Kier molecular flexibility index (Phi) is 5.00. The van der Waals surface area contributed by atoms with E-state index in [4.69, 9.17) is 10.5 Å². The van der Waals surface area contributed by atoms with Crippen LogP contribution in [-0.4, -0.2) is 24.3 Å². The average Bonchev–Trinajstić information content (AvgIpc) is 2.52. The largest absolute Gasteiger partial charge is 0.503 e. The fraction of sp³-hybridized carbons (Fsp3) is 0.0667. The molecule has 0 fully saturated rings. The molecule has 0 unspecified atom stereocenters. The third-order valence-corrected chi connectivity index (χ3v) is 3.74.